The minimum Gasteiger partial charge on any atom is -0.324 e. The summed E-state index contributed by atoms with van der Waals surface area (Å²) in [6.45, 7) is 1.47. The van der Waals surface area contributed by atoms with Gasteiger partial charge in [0.15, 0.2) is 5.69 Å². The zero-order chi connectivity index (χ0) is 21.0. The molecule has 150 valence electrons. The third-order valence-electron chi connectivity index (χ3n) is 3.96. The summed E-state index contributed by atoms with van der Waals surface area (Å²) in [4.78, 5) is 24.8. The van der Waals surface area contributed by atoms with Crippen LogP contribution >= 0.6 is 0 Å². The van der Waals surface area contributed by atoms with Crippen molar-refractivity contribution < 1.29 is 22.8 Å². The summed E-state index contributed by atoms with van der Waals surface area (Å²) in [6, 6.07) is 14.4. The molecule has 0 radical (unpaired) electrons. The minimum absolute atomic E-state index is 0.221. The number of nitrogens with zero attached hydrogens (tertiary/aromatic N) is 2. The SMILES string of the molecule is Cc1cccc(NC(=O)c2ccccc2NC(=O)Cn2ccc(C(F)(F)F)n2)c1. The molecule has 0 spiro atoms. The second-order valence-electron chi connectivity index (χ2n) is 6.31. The zero-order valence-electron chi connectivity index (χ0n) is 15.3. The van der Waals surface area contributed by atoms with Crippen LogP contribution in [0.3, 0.4) is 0 Å². The Labute approximate surface area is 164 Å². The first-order valence-corrected chi connectivity index (χ1v) is 8.60. The van der Waals surface area contributed by atoms with Gasteiger partial charge in [0, 0.05) is 11.9 Å². The Morgan fingerprint density at radius 3 is 2.48 bits per heavy atom. The van der Waals surface area contributed by atoms with Crippen LogP contribution in [0.2, 0.25) is 0 Å². The largest absolute Gasteiger partial charge is 0.435 e. The van der Waals surface area contributed by atoms with Gasteiger partial charge in [0.25, 0.3) is 5.91 Å². The van der Waals surface area contributed by atoms with Gasteiger partial charge < -0.3 is 10.6 Å². The van der Waals surface area contributed by atoms with Crippen molar-refractivity contribution in [1.29, 1.82) is 0 Å². The van der Waals surface area contributed by atoms with Gasteiger partial charge in [0.05, 0.1) is 11.3 Å². The molecule has 1 heterocycles. The number of hydrogen-bond donors (Lipinski definition) is 2. The Morgan fingerprint density at radius 1 is 1.03 bits per heavy atom. The van der Waals surface area contributed by atoms with E-state index < -0.39 is 30.2 Å². The summed E-state index contributed by atoms with van der Waals surface area (Å²) in [7, 11) is 0. The highest BCUT2D eigenvalue weighted by atomic mass is 19.4. The predicted octanol–water partition coefficient (Wildman–Crippen LogP) is 4.10. The highest BCUT2D eigenvalue weighted by molar-refractivity contribution is 6.10. The van der Waals surface area contributed by atoms with Crippen molar-refractivity contribution in [2.45, 2.75) is 19.6 Å². The molecule has 0 saturated heterocycles. The third-order valence-corrected chi connectivity index (χ3v) is 3.96. The quantitative estimate of drug-likeness (QED) is 0.675. The second-order valence-corrected chi connectivity index (χ2v) is 6.31. The molecule has 9 heteroatoms. The number of hydrogen-bond acceptors (Lipinski definition) is 3. The Bertz CT molecular complexity index is 1040. The van der Waals surface area contributed by atoms with E-state index in [1.807, 2.05) is 13.0 Å². The first-order chi connectivity index (χ1) is 13.7. The Kier molecular flexibility index (Phi) is 5.67. The number of nitrogens with one attached hydrogen (secondary N) is 2. The maximum Gasteiger partial charge on any atom is 0.435 e. The van der Waals surface area contributed by atoms with Crippen LogP contribution in [0.4, 0.5) is 24.5 Å². The van der Waals surface area contributed by atoms with Gasteiger partial charge in [-0.1, -0.05) is 24.3 Å². The maximum absolute atomic E-state index is 12.6. The number of carbonyl (C=O) groups is 2. The van der Waals surface area contributed by atoms with Crippen molar-refractivity contribution in [3.8, 4) is 0 Å². The van der Waals surface area contributed by atoms with Crippen molar-refractivity contribution in [3.05, 3.63) is 77.6 Å². The van der Waals surface area contributed by atoms with Crippen LogP contribution in [0.1, 0.15) is 21.6 Å². The minimum atomic E-state index is -4.58. The monoisotopic (exact) mass is 402 g/mol. The van der Waals surface area contributed by atoms with Crippen LogP contribution in [0.25, 0.3) is 0 Å². The van der Waals surface area contributed by atoms with Crippen molar-refractivity contribution in [1.82, 2.24) is 9.78 Å². The molecule has 1 aromatic heterocycles. The van der Waals surface area contributed by atoms with Crippen molar-refractivity contribution >= 4 is 23.2 Å². The average molecular weight is 402 g/mol. The molecule has 0 saturated carbocycles. The van der Waals surface area contributed by atoms with E-state index in [1.165, 1.54) is 12.1 Å². The molecule has 3 aromatic rings. The zero-order valence-corrected chi connectivity index (χ0v) is 15.3. The van der Waals surface area contributed by atoms with Crippen molar-refractivity contribution in [2.24, 2.45) is 0 Å². The number of carbonyl (C=O) groups excluding carboxylic acids is 2. The Hall–Kier alpha value is -3.62. The van der Waals surface area contributed by atoms with Gasteiger partial charge in [0.2, 0.25) is 5.91 Å². The van der Waals surface area contributed by atoms with Crippen LogP contribution in [0.15, 0.2) is 60.8 Å². The molecule has 3 rings (SSSR count). The fourth-order valence-electron chi connectivity index (χ4n) is 2.65. The lowest BCUT2D eigenvalue weighted by molar-refractivity contribution is -0.141. The molecule has 2 amide bonds. The summed E-state index contributed by atoms with van der Waals surface area (Å²) in [5.41, 5.74) is 0.960. The van der Waals surface area contributed by atoms with Crippen LogP contribution in [-0.4, -0.2) is 21.6 Å². The van der Waals surface area contributed by atoms with Crippen molar-refractivity contribution in [3.63, 3.8) is 0 Å². The first-order valence-electron chi connectivity index (χ1n) is 8.60. The van der Waals surface area contributed by atoms with E-state index in [0.717, 1.165) is 22.5 Å². The predicted molar refractivity (Wildman–Crippen MR) is 101 cm³/mol. The van der Waals surface area contributed by atoms with E-state index in [1.54, 1.807) is 30.3 Å². The lowest BCUT2D eigenvalue weighted by atomic mass is 10.1. The highest BCUT2D eigenvalue weighted by Crippen LogP contribution is 2.27. The molecule has 2 aromatic carbocycles. The summed E-state index contributed by atoms with van der Waals surface area (Å²) >= 11 is 0. The smallest absolute Gasteiger partial charge is 0.324 e. The van der Waals surface area contributed by atoms with E-state index in [4.69, 9.17) is 0 Å². The molecule has 0 atom stereocenters. The summed E-state index contributed by atoms with van der Waals surface area (Å²) in [5, 5.41) is 8.63. The molecule has 2 N–H and O–H groups in total. The number of aryl methyl sites for hydroxylation is 1. The fourth-order valence-corrected chi connectivity index (χ4v) is 2.65. The summed E-state index contributed by atoms with van der Waals surface area (Å²) < 4.78 is 38.7. The third kappa shape index (κ3) is 5.22. The maximum atomic E-state index is 12.6. The number of aromatic nitrogens is 2. The van der Waals surface area contributed by atoms with E-state index >= 15 is 0 Å². The number of halogens is 3. The van der Waals surface area contributed by atoms with Gasteiger partial charge in [-0.15, -0.1) is 0 Å². The number of para-hydroxylation sites is 1. The number of rotatable bonds is 5. The standard InChI is InChI=1S/C20H17F3N4O2/c1-13-5-4-6-14(11-13)24-19(29)15-7-2-3-8-16(15)25-18(28)12-27-10-9-17(26-27)20(21,22)23/h2-11H,12H2,1H3,(H,24,29)(H,25,28). The summed E-state index contributed by atoms with van der Waals surface area (Å²) in [6.07, 6.45) is -3.51. The number of alkyl halides is 3. The fraction of sp³-hybridized carbons (Fsp3) is 0.150. The van der Waals surface area contributed by atoms with Gasteiger partial charge in [-0.3, -0.25) is 14.3 Å². The normalized spacial score (nSPS) is 11.2. The van der Waals surface area contributed by atoms with Crippen LogP contribution < -0.4 is 10.6 Å². The average Bonchev–Trinajstić information content (AvgIpc) is 3.11. The van der Waals surface area contributed by atoms with E-state index in [2.05, 4.69) is 15.7 Å². The number of benzene rings is 2. The molecule has 29 heavy (non-hydrogen) atoms. The van der Waals surface area contributed by atoms with E-state index in [-0.39, 0.29) is 11.3 Å². The Morgan fingerprint density at radius 2 is 1.79 bits per heavy atom. The molecule has 0 aliphatic carbocycles. The lowest BCUT2D eigenvalue weighted by Gasteiger charge is -2.12. The first kappa shape index (κ1) is 20.1. The molecule has 0 aliphatic heterocycles. The number of amides is 2. The summed E-state index contributed by atoms with van der Waals surface area (Å²) in [5.74, 6) is -1.04. The molecule has 6 nitrogen and oxygen atoms in total. The second kappa shape index (κ2) is 8.17. The van der Waals surface area contributed by atoms with Crippen LogP contribution in [0.5, 0.6) is 0 Å². The molecule has 0 unspecified atom stereocenters. The van der Waals surface area contributed by atoms with Gasteiger partial charge >= 0.3 is 6.18 Å². The van der Waals surface area contributed by atoms with E-state index in [9.17, 15) is 22.8 Å². The van der Waals surface area contributed by atoms with E-state index in [0.29, 0.717) is 5.69 Å². The Balaban J connectivity index is 1.70. The molecule has 0 fully saturated rings. The van der Waals surface area contributed by atoms with Crippen LogP contribution in [-0.2, 0) is 17.5 Å². The lowest BCUT2D eigenvalue weighted by Crippen LogP contribution is -2.22. The van der Waals surface area contributed by atoms with Crippen molar-refractivity contribution in [2.75, 3.05) is 10.6 Å². The topological polar surface area (TPSA) is 76.0 Å². The highest BCUT2D eigenvalue weighted by Gasteiger charge is 2.33. The van der Waals surface area contributed by atoms with Gasteiger partial charge in [0.1, 0.15) is 6.54 Å². The molecular formula is C20H17F3N4O2. The van der Waals surface area contributed by atoms with Gasteiger partial charge in [-0.2, -0.15) is 18.3 Å². The number of anilines is 2. The molecule has 0 aliphatic rings. The molecular weight excluding hydrogens is 385 g/mol. The van der Waals surface area contributed by atoms with Crippen LogP contribution in [0, 0.1) is 6.92 Å². The van der Waals surface area contributed by atoms with Gasteiger partial charge in [-0.05, 0) is 42.8 Å². The van der Waals surface area contributed by atoms with Gasteiger partial charge in [-0.25, -0.2) is 0 Å². The molecule has 0 bridgehead atoms.